The Morgan fingerprint density at radius 1 is 1.29 bits per heavy atom. The first-order valence-electron chi connectivity index (χ1n) is 5.64. The Balaban J connectivity index is 2.42. The monoisotopic (exact) mass is 234 g/mol. The minimum absolute atomic E-state index is 0.259. The lowest BCUT2D eigenvalue weighted by molar-refractivity contribution is -0.127. The molecule has 1 aromatic rings. The molecular formula is C13H18N2O2. The second-order valence-electron chi connectivity index (χ2n) is 4.07. The maximum Gasteiger partial charge on any atom is 0.280 e. The van der Waals surface area contributed by atoms with Crippen molar-refractivity contribution in [3.63, 3.8) is 0 Å². The standard InChI is InChI=1S/C13H18N2O2/c1-10(2)9-14-15-13(16)11(3)17-12-7-5-4-6-8-12/h4-11H,1-3H3,(H,15,16)/b14-9+. The third-order valence-electron chi connectivity index (χ3n) is 1.97. The van der Waals surface area contributed by atoms with E-state index in [0.717, 1.165) is 0 Å². The number of hydrogen-bond donors (Lipinski definition) is 1. The van der Waals surface area contributed by atoms with E-state index in [1.54, 1.807) is 25.3 Å². The van der Waals surface area contributed by atoms with E-state index in [1.807, 2.05) is 32.0 Å². The fourth-order valence-electron chi connectivity index (χ4n) is 1.10. The van der Waals surface area contributed by atoms with Crippen molar-refractivity contribution in [1.82, 2.24) is 5.43 Å². The predicted molar refractivity (Wildman–Crippen MR) is 68.0 cm³/mol. The second kappa shape index (κ2) is 6.68. The summed E-state index contributed by atoms with van der Waals surface area (Å²) in [5.41, 5.74) is 2.44. The maximum absolute atomic E-state index is 11.6. The molecule has 0 aliphatic carbocycles. The van der Waals surface area contributed by atoms with Crippen LogP contribution in [0.3, 0.4) is 0 Å². The van der Waals surface area contributed by atoms with Gasteiger partial charge < -0.3 is 4.74 Å². The van der Waals surface area contributed by atoms with E-state index in [0.29, 0.717) is 11.7 Å². The van der Waals surface area contributed by atoms with Crippen LogP contribution >= 0.6 is 0 Å². The number of nitrogens with one attached hydrogen (secondary N) is 1. The molecule has 17 heavy (non-hydrogen) atoms. The Hall–Kier alpha value is -1.84. The van der Waals surface area contributed by atoms with Gasteiger partial charge in [0.05, 0.1) is 0 Å². The summed E-state index contributed by atoms with van der Waals surface area (Å²) in [7, 11) is 0. The van der Waals surface area contributed by atoms with E-state index in [1.165, 1.54) is 0 Å². The molecule has 0 saturated carbocycles. The van der Waals surface area contributed by atoms with Crippen LogP contribution in [-0.2, 0) is 4.79 Å². The summed E-state index contributed by atoms with van der Waals surface area (Å²) < 4.78 is 5.45. The normalized spacial score (nSPS) is 12.7. The Kier molecular flexibility index (Phi) is 5.20. The highest BCUT2D eigenvalue weighted by Gasteiger charge is 2.13. The largest absolute Gasteiger partial charge is 0.481 e. The van der Waals surface area contributed by atoms with Crippen LogP contribution in [0.15, 0.2) is 35.4 Å². The van der Waals surface area contributed by atoms with Crippen LogP contribution in [0.4, 0.5) is 0 Å². The number of carbonyl (C=O) groups is 1. The van der Waals surface area contributed by atoms with E-state index in [2.05, 4.69) is 10.5 Å². The lowest BCUT2D eigenvalue weighted by Gasteiger charge is -2.12. The number of ether oxygens (including phenoxy) is 1. The van der Waals surface area contributed by atoms with Crippen molar-refractivity contribution >= 4 is 12.1 Å². The third-order valence-corrected chi connectivity index (χ3v) is 1.97. The molecular weight excluding hydrogens is 216 g/mol. The second-order valence-corrected chi connectivity index (χ2v) is 4.07. The molecule has 1 aromatic carbocycles. The average Bonchev–Trinajstić information content (AvgIpc) is 2.29. The predicted octanol–water partition coefficient (Wildman–Crippen LogP) is 2.21. The first-order chi connectivity index (χ1) is 8.09. The molecule has 92 valence electrons. The number of rotatable bonds is 5. The van der Waals surface area contributed by atoms with Crippen molar-refractivity contribution in [1.29, 1.82) is 0 Å². The lowest BCUT2D eigenvalue weighted by Crippen LogP contribution is -2.33. The van der Waals surface area contributed by atoms with Gasteiger partial charge in [-0.1, -0.05) is 32.0 Å². The van der Waals surface area contributed by atoms with Gasteiger partial charge in [0.2, 0.25) is 0 Å². The molecule has 1 amide bonds. The fraction of sp³-hybridized carbons (Fsp3) is 0.385. The Bertz CT molecular complexity index is 374. The van der Waals surface area contributed by atoms with Crippen LogP contribution in [0.2, 0.25) is 0 Å². The number of benzene rings is 1. The summed E-state index contributed by atoms with van der Waals surface area (Å²) in [5.74, 6) is 0.717. The zero-order valence-corrected chi connectivity index (χ0v) is 10.4. The molecule has 0 bridgehead atoms. The topological polar surface area (TPSA) is 50.7 Å². The number of amides is 1. The van der Waals surface area contributed by atoms with E-state index < -0.39 is 6.10 Å². The molecule has 0 aliphatic rings. The van der Waals surface area contributed by atoms with Gasteiger partial charge in [0.25, 0.3) is 5.91 Å². The summed E-state index contributed by atoms with van der Waals surface area (Å²) in [6.45, 7) is 5.66. The third kappa shape index (κ3) is 5.15. The summed E-state index contributed by atoms with van der Waals surface area (Å²) >= 11 is 0. The smallest absolute Gasteiger partial charge is 0.280 e. The van der Waals surface area contributed by atoms with Gasteiger partial charge >= 0.3 is 0 Å². The Morgan fingerprint density at radius 2 is 1.94 bits per heavy atom. The van der Waals surface area contributed by atoms with Gasteiger partial charge in [-0.25, -0.2) is 5.43 Å². The molecule has 1 N–H and O–H groups in total. The summed E-state index contributed by atoms with van der Waals surface area (Å²) in [5, 5.41) is 3.83. The van der Waals surface area contributed by atoms with E-state index >= 15 is 0 Å². The fourth-order valence-corrected chi connectivity index (χ4v) is 1.10. The van der Waals surface area contributed by atoms with Crippen LogP contribution in [-0.4, -0.2) is 18.2 Å². The highest BCUT2D eigenvalue weighted by Crippen LogP contribution is 2.10. The van der Waals surface area contributed by atoms with Crippen LogP contribution in [0.25, 0.3) is 0 Å². The highest BCUT2D eigenvalue weighted by atomic mass is 16.5. The van der Waals surface area contributed by atoms with Crippen LogP contribution in [0.5, 0.6) is 5.75 Å². The number of hydrogen-bond acceptors (Lipinski definition) is 3. The van der Waals surface area contributed by atoms with E-state index in [-0.39, 0.29) is 5.91 Å². The van der Waals surface area contributed by atoms with Gasteiger partial charge in [-0.05, 0) is 25.0 Å². The molecule has 0 saturated heterocycles. The molecule has 1 rings (SSSR count). The molecule has 0 fully saturated rings. The minimum Gasteiger partial charge on any atom is -0.481 e. The zero-order chi connectivity index (χ0) is 12.7. The quantitative estimate of drug-likeness (QED) is 0.627. The van der Waals surface area contributed by atoms with E-state index in [9.17, 15) is 4.79 Å². The summed E-state index contributed by atoms with van der Waals surface area (Å²) in [6.07, 6.45) is 1.11. The molecule has 0 spiro atoms. The van der Waals surface area contributed by atoms with Crippen molar-refractivity contribution in [2.75, 3.05) is 0 Å². The molecule has 1 atom stereocenters. The van der Waals surface area contributed by atoms with Gasteiger partial charge in [0.1, 0.15) is 5.75 Å². The van der Waals surface area contributed by atoms with Gasteiger partial charge in [0.15, 0.2) is 6.10 Å². The zero-order valence-electron chi connectivity index (χ0n) is 10.4. The Morgan fingerprint density at radius 3 is 2.53 bits per heavy atom. The number of para-hydroxylation sites is 1. The summed E-state index contributed by atoms with van der Waals surface area (Å²) in [4.78, 5) is 11.6. The minimum atomic E-state index is -0.568. The number of hydrazone groups is 1. The SMILES string of the molecule is CC(C)/C=N/NC(=O)C(C)Oc1ccccc1. The maximum atomic E-state index is 11.6. The van der Waals surface area contributed by atoms with Crippen LogP contribution in [0.1, 0.15) is 20.8 Å². The van der Waals surface area contributed by atoms with Crippen LogP contribution < -0.4 is 10.2 Å². The Labute approximate surface area is 102 Å². The van der Waals surface area contributed by atoms with Crippen LogP contribution in [0, 0.1) is 5.92 Å². The lowest BCUT2D eigenvalue weighted by atomic mass is 10.3. The molecule has 0 radical (unpaired) electrons. The number of nitrogens with zero attached hydrogens (tertiary/aromatic N) is 1. The average molecular weight is 234 g/mol. The van der Waals surface area contributed by atoms with E-state index in [4.69, 9.17) is 4.74 Å². The first kappa shape index (κ1) is 13.2. The van der Waals surface area contributed by atoms with Gasteiger partial charge in [-0.2, -0.15) is 5.10 Å². The number of carbonyl (C=O) groups excluding carboxylic acids is 1. The molecule has 0 aliphatic heterocycles. The first-order valence-corrected chi connectivity index (χ1v) is 5.64. The molecule has 0 heterocycles. The molecule has 1 unspecified atom stereocenters. The van der Waals surface area contributed by atoms with Crippen molar-refractivity contribution < 1.29 is 9.53 Å². The molecule has 4 nitrogen and oxygen atoms in total. The van der Waals surface area contributed by atoms with Crippen molar-refractivity contribution in [2.45, 2.75) is 26.9 Å². The van der Waals surface area contributed by atoms with Crippen molar-refractivity contribution in [3.8, 4) is 5.75 Å². The highest BCUT2D eigenvalue weighted by molar-refractivity contribution is 5.81. The van der Waals surface area contributed by atoms with Gasteiger partial charge in [-0.15, -0.1) is 0 Å². The molecule has 4 heteroatoms. The molecule has 0 aromatic heterocycles. The van der Waals surface area contributed by atoms with Gasteiger partial charge in [0, 0.05) is 6.21 Å². The van der Waals surface area contributed by atoms with Crippen molar-refractivity contribution in [2.24, 2.45) is 11.0 Å². The summed E-state index contributed by atoms with van der Waals surface area (Å²) in [6, 6.07) is 9.22. The van der Waals surface area contributed by atoms with Gasteiger partial charge in [-0.3, -0.25) is 4.79 Å². The van der Waals surface area contributed by atoms with Crippen molar-refractivity contribution in [3.05, 3.63) is 30.3 Å².